The quantitative estimate of drug-likeness (QED) is 0.521. The van der Waals surface area contributed by atoms with Crippen LogP contribution in [0.2, 0.25) is 0 Å². The Bertz CT molecular complexity index is 572. The molecule has 0 atom stereocenters. The fourth-order valence-corrected chi connectivity index (χ4v) is 1.90. The van der Waals surface area contributed by atoms with Gasteiger partial charge in [0.05, 0.1) is 1.37 Å². The molecule has 0 heterocycles. The van der Waals surface area contributed by atoms with Crippen LogP contribution in [-0.2, 0) is 0 Å². The standard InChI is InChI=1S/C13H8O/c14-13-11-7-3-1-5-9(11)10-6-2-4-8-12(10)13/h1-8H/i7D. The van der Waals surface area contributed by atoms with Crippen molar-refractivity contribution in [3.8, 4) is 11.1 Å². The minimum Gasteiger partial charge on any atom is -0.289 e. The molecular formula is C13H8O. The molecule has 0 radical (unpaired) electrons. The predicted octanol–water partition coefficient (Wildman–Crippen LogP) is 2.90. The maximum atomic E-state index is 12.0. The van der Waals surface area contributed by atoms with Crippen molar-refractivity contribution in [3.05, 3.63) is 59.6 Å². The van der Waals surface area contributed by atoms with Gasteiger partial charge in [-0.3, -0.25) is 4.79 Å². The number of carbonyl (C=O) groups excluding carboxylic acids is 1. The highest BCUT2D eigenvalue weighted by Gasteiger charge is 2.24. The zero-order valence-corrected chi connectivity index (χ0v) is 7.45. The van der Waals surface area contributed by atoms with Crippen molar-refractivity contribution in [2.75, 3.05) is 0 Å². The summed E-state index contributed by atoms with van der Waals surface area (Å²) in [6.07, 6.45) is 0. The van der Waals surface area contributed by atoms with Crippen LogP contribution in [0, 0.1) is 0 Å². The topological polar surface area (TPSA) is 17.1 Å². The third kappa shape index (κ3) is 0.814. The fraction of sp³-hybridized carbons (Fsp3) is 0. The molecule has 0 unspecified atom stereocenters. The summed E-state index contributed by atoms with van der Waals surface area (Å²) in [6.45, 7) is 0. The van der Waals surface area contributed by atoms with E-state index < -0.39 is 0 Å². The van der Waals surface area contributed by atoms with Crippen LogP contribution in [0.3, 0.4) is 0 Å². The van der Waals surface area contributed by atoms with E-state index in [2.05, 4.69) is 0 Å². The summed E-state index contributed by atoms with van der Waals surface area (Å²) >= 11 is 0. The van der Waals surface area contributed by atoms with Gasteiger partial charge in [-0.25, -0.2) is 0 Å². The molecule has 0 amide bonds. The Morgan fingerprint density at radius 1 is 0.786 bits per heavy atom. The zero-order valence-electron chi connectivity index (χ0n) is 8.45. The lowest BCUT2D eigenvalue weighted by Gasteiger charge is -1.96. The number of hydrogen-bond donors (Lipinski definition) is 0. The summed E-state index contributed by atoms with van der Waals surface area (Å²) in [5.74, 6) is -0.0220. The zero-order chi connectivity index (χ0) is 10.4. The second-order valence-electron chi connectivity index (χ2n) is 3.33. The molecule has 66 valence electrons. The van der Waals surface area contributed by atoms with E-state index in [0.29, 0.717) is 17.2 Å². The normalized spacial score (nSPS) is 13.4. The first-order chi connectivity index (χ1) is 7.29. The van der Waals surface area contributed by atoms with Gasteiger partial charge in [-0.15, -0.1) is 0 Å². The van der Waals surface area contributed by atoms with Crippen molar-refractivity contribution in [1.29, 1.82) is 0 Å². The van der Waals surface area contributed by atoms with E-state index in [0.717, 1.165) is 11.1 Å². The Kier molecular flexibility index (Phi) is 1.19. The summed E-state index contributed by atoms with van der Waals surface area (Å²) in [5.41, 5.74) is 3.10. The Hall–Kier alpha value is -1.89. The Labute approximate surface area is 83.4 Å². The van der Waals surface area contributed by atoms with Crippen molar-refractivity contribution in [2.45, 2.75) is 0 Å². The van der Waals surface area contributed by atoms with Crippen molar-refractivity contribution in [1.82, 2.24) is 0 Å². The number of hydrogen-bond acceptors (Lipinski definition) is 1. The predicted molar refractivity (Wildman–Crippen MR) is 55.3 cm³/mol. The van der Waals surface area contributed by atoms with Gasteiger partial charge in [0.15, 0.2) is 5.78 Å². The van der Waals surface area contributed by atoms with E-state index in [1.54, 1.807) is 6.07 Å². The molecule has 0 aliphatic heterocycles. The Balaban J connectivity index is 2.43. The summed E-state index contributed by atoms with van der Waals surface area (Å²) < 4.78 is 7.74. The second-order valence-corrected chi connectivity index (χ2v) is 3.33. The molecule has 3 rings (SSSR count). The SMILES string of the molecule is [2H]c1cccc2c1C(=O)c1ccccc1-2. The molecule has 0 N–H and O–H groups in total. The fourth-order valence-electron chi connectivity index (χ4n) is 1.90. The van der Waals surface area contributed by atoms with Crippen LogP contribution in [-0.4, -0.2) is 5.78 Å². The molecule has 1 aliphatic rings. The molecular weight excluding hydrogens is 172 g/mol. The van der Waals surface area contributed by atoms with Gasteiger partial charge in [0.2, 0.25) is 0 Å². The second kappa shape index (κ2) is 2.55. The molecule has 0 saturated carbocycles. The first-order valence-corrected chi connectivity index (χ1v) is 4.53. The lowest BCUT2D eigenvalue weighted by molar-refractivity contribution is 0.104. The van der Waals surface area contributed by atoms with E-state index in [1.165, 1.54) is 0 Å². The minimum absolute atomic E-state index is 0.0220. The number of benzene rings is 2. The van der Waals surface area contributed by atoms with Crippen molar-refractivity contribution >= 4 is 5.78 Å². The molecule has 0 spiro atoms. The Morgan fingerprint density at radius 3 is 2.14 bits per heavy atom. The summed E-state index contributed by atoms with van der Waals surface area (Å²) in [5, 5.41) is 0. The van der Waals surface area contributed by atoms with Crippen LogP contribution in [0.1, 0.15) is 17.3 Å². The van der Waals surface area contributed by atoms with Crippen LogP contribution >= 0.6 is 0 Å². The van der Waals surface area contributed by atoms with Gasteiger partial charge in [0.25, 0.3) is 0 Å². The van der Waals surface area contributed by atoms with Gasteiger partial charge >= 0.3 is 0 Å². The highest BCUT2D eigenvalue weighted by molar-refractivity contribution is 6.21. The van der Waals surface area contributed by atoms with E-state index in [1.807, 2.05) is 36.4 Å². The summed E-state index contributed by atoms with van der Waals surface area (Å²) in [7, 11) is 0. The van der Waals surface area contributed by atoms with Gasteiger partial charge in [-0.2, -0.15) is 0 Å². The third-order valence-corrected chi connectivity index (χ3v) is 2.55. The van der Waals surface area contributed by atoms with E-state index in [4.69, 9.17) is 1.37 Å². The van der Waals surface area contributed by atoms with Crippen molar-refractivity contribution < 1.29 is 6.17 Å². The molecule has 2 aromatic carbocycles. The molecule has 1 aliphatic carbocycles. The van der Waals surface area contributed by atoms with E-state index >= 15 is 0 Å². The highest BCUT2D eigenvalue weighted by atomic mass is 16.1. The maximum absolute atomic E-state index is 12.0. The average Bonchev–Trinajstić information content (AvgIpc) is 2.55. The molecule has 0 fully saturated rings. The maximum Gasteiger partial charge on any atom is 0.194 e. The van der Waals surface area contributed by atoms with Crippen LogP contribution < -0.4 is 0 Å². The number of fused-ring (bicyclic) bond motifs is 3. The van der Waals surface area contributed by atoms with Crippen LogP contribution in [0.4, 0.5) is 0 Å². The summed E-state index contributed by atoms with van der Waals surface area (Å²) in [4.78, 5) is 12.0. The first-order valence-electron chi connectivity index (χ1n) is 5.03. The van der Waals surface area contributed by atoms with Crippen molar-refractivity contribution in [3.63, 3.8) is 0 Å². The minimum atomic E-state index is -0.0220. The third-order valence-electron chi connectivity index (χ3n) is 2.55. The Morgan fingerprint density at radius 2 is 1.36 bits per heavy atom. The largest absolute Gasteiger partial charge is 0.289 e. The number of rotatable bonds is 0. The highest BCUT2D eigenvalue weighted by Crippen LogP contribution is 2.35. The lowest BCUT2D eigenvalue weighted by atomic mass is 10.1. The van der Waals surface area contributed by atoms with E-state index in [-0.39, 0.29) is 5.78 Å². The molecule has 0 aromatic heterocycles. The van der Waals surface area contributed by atoms with Gasteiger partial charge in [-0.05, 0) is 11.1 Å². The molecule has 14 heavy (non-hydrogen) atoms. The molecule has 1 heteroatoms. The summed E-state index contributed by atoms with van der Waals surface area (Å²) in [6, 6.07) is 13.2. The van der Waals surface area contributed by atoms with Crippen LogP contribution in [0.5, 0.6) is 0 Å². The number of ketones is 1. The van der Waals surface area contributed by atoms with Crippen LogP contribution in [0.25, 0.3) is 11.1 Å². The number of carbonyl (C=O) groups is 1. The molecule has 2 aromatic rings. The smallest absolute Gasteiger partial charge is 0.194 e. The van der Waals surface area contributed by atoms with Gasteiger partial charge < -0.3 is 0 Å². The molecule has 1 nitrogen and oxygen atoms in total. The van der Waals surface area contributed by atoms with Gasteiger partial charge in [0.1, 0.15) is 0 Å². The molecule has 0 saturated heterocycles. The van der Waals surface area contributed by atoms with Gasteiger partial charge in [-0.1, -0.05) is 48.5 Å². The van der Waals surface area contributed by atoms with E-state index in [9.17, 15) is 4.79 Å². The van der Waals surface area contributed by atoms with Crippen molar-refractivity contribution in [2.24, 2.45) is 0 Å². The lowest BCUT2D eigenvalue weighted by Crippen LogP contribution is -1.93. The van der Waals surface area contributed by atoms with Gasteiger partial charge in [0, 0.05) is 11.1 Å². The molecule has 0 bridgehead atoms. The van der Waals surface area contributed by atoms with Crippen LogP contribution in [0.15, 0.2) is 48.5 Å². The monoisotopic (exact) mass is 181 g/mol. The first kappa shape index (κ1) is 6.55. The average molecular weight is 181 g/mol.